The minimum Gasteiger partial charge on any atom is -0.313 e. The quantitative estimate of drug-likeness (QED) is 0.875. The molecule has 2 rings (SSSR count). The van der Waals surface area contributed by atoms with Crippen molar-refractivity contribution in [2.24, 2.45) is 5.92 Å². The second-order valence-electron chi connectivity index (χ2n) is 4.33. The molecule has 0 aliphatic heterocycles. The highest BCUT2D eigenvalue weighted by molar-refractivity contribution is 7.09. The smallest absolute Gasteiger partial charge is 0.0794 e. The lowest BCUT2D eigenvalue weighted by molar-refractivity contribution is 0.411. The first kappa shape index (κ1) is 12.3. The molecule has 2 aromatic rings. The van der Waals surface area contributed by atoms with Crippen molar-refractivity contribution in [3.05, 3.63) is 52.5 Å². The van der Waals surface area contributed by atoms with E-state index < -0.39 is 0 Å². The summed E-state index contributed by atoms with van der Waals surface area (Å²) in [5.74, 6) is 0.558. The fraction of sp³-hybridized carbons (Fsp3) is 0.357. The van der Waals surface area contributed by atoms with Crippen molar-refractivity contribution in [3.8, 4) is 0 Å². The van der Waals surface area contributed by atoms with E-state index in [1.807, 2.05) is 18.8 Å². The molecule has 2 unspecified atom stereocenters. The van der Waals surface area contributed by atoms with Crippen LogP contribution in [0.2, 0.25) is 0 Å². The van der Waals surface area contributed by atoms with Crippen LogP contribution in [0.3, 0.4) is 0 Å². The molecule has 2 nitrogen and oxygen atoms in total. The Balaban J connectivity index is 2.08. The first-order chi connectivity index (χ1) is 8.31. The third-order valence-electron chi connectivity index (χ3n) is 3.05. The second kappa shape index (κ2) is 5.94. The zero-order valence-corrected chi connectivity index (χ0v) is 11.1. The molecule has 0 saturated carbocycles. The van der Waals surface area contributed by atoms with Gasteiger partial charge in [-0.15, -0.1) is 11.3 Å². The van der Waals surface area contributed by atoms with Crippen molar-refractivity contribution in [2.45, 2.75) is 19.4 Å². The van der Waals surface area contributed by atoms with E-state index >= 15 is 0 Å². The molecule has 0 spiro atoms. The van der Waals surface area contributed by atoms with Gasteiger partial charge in [-0.3, -0.25) is 4.98 Å². The lowest BCUT2D eigenvalue weighted by Gasteiger charge is -2.23. The number of hydrogen-bond acceptors (Lipinski definition) is 3. The Labute approximate surface area is 107 Å². The van der Waals surface area contributed by atoms with Gasteiger partial charge in [0.25, 0.3) is 0 Å². The molecule has 1 heterocycles. The van der Waals surface area contributed by atoms with Gasteiger partial charge in [-0.05, 0) is 24.9 Å². The van der Waals surface area contributed by atoms with E-state index in [1.165, 1.54) is 10.4 Å². The van der Waals surface area contributed by atoms with Gasteiger partial charge in [-0.1, -0.05) is 37.3 Å². The van der Waals surface area contributed by atoms with Gasteiger partial charge in [0.15, 0.2) is 0 Å². The molecule has 90 valence electrons. The summed E-state index contributed by atoms with van der Waals surface area (Å²) in [5.41, 5.74) is 3.26. The number of benzene rings is 1. The van der Waals surface area contributed by atoms with Crippen LogP contribution in [0, 0.1) is 5.92 Å². The molecule has 0 aliphatic rings. The van der Waals surface area contributed by atoms with Gasteiger partial charge in [0.2, 0.25) is 0 Å². The van der Waals surface area contributed by atoms with Crippen LogP contribution in [-0.2, 0) is 6.42 Å². The summed E-state index contributed by atoms with van der Waals surface area (Å²) in [5, 5.41) is 3.41. The van der Waals surface area contributed by atoms with E-state index in [0.717, 1.165) is 6.42 Å². The van der Waals surface area contributed by atoms with Crippen LogP contribution >= 0.6 is 11.3 Å². The maximum atomic E-state index is 4.13. The first-order valence-corrected chi connectivity index (χ1v) is 6.79. The normalized spacial score (nSPS) is 14.5. The van der Waals surface area contributed by atoms with Gasteiger partial charge in [-0.25, -0.2) is 0 Å². The van der Waals surface area contributed by atoms with Gasteiger partial charge in [0.05, 0.1) is 5.51 Å². The van der Waals surface area contributed by atoms with Crippen LogP contribution in [0.4, 0.5) is 0 Å². The van der Waals surface area contributed by atoms with Crippen LogP contribution in [0.25, 0.3) is 0 Å². The first-order valence-electron chi connectivity index (χ1n) is 5.91. The van der Waals surface area contributed by atoms with E-state index in [2.05, 4.69) is 47.6 Å². The third kappa shape index (κ3) is 3.14. The van der Waals surface area contributed by atoms with Crippen LogP contribution in [-0.4, -0.2) is 12.0 Å². The molecule has 0 saturated heterocycles. The topological polar surface area (TPSA) is 24.9 Å². The summed E-state index contributed by atoms with van der Waals surface area (Å²) in [6, 6.07) is 11.0. The Morgan fingerprint density at radius 1 is 1.29 bits per heavy atom. The Morgan fingerprint density at radius 3 is 2.65 bits per heavy atom. The Morgan fingerprint density at radius 2 is 2.06 bits per heavy atom. The van der Waals surface area contributed by atoms with Crippen LogP contribution in [0.1, 0.15) is 23.4 Å². The highest BCUT2D eigenvalue weighted by atomic mass is 32.1. The Bertz CT molecular complexity index is 425. The predicted octanol–water partition coefficient (Wildman–Crippen LogP) is 3.28. The van der Waals surface area contributed by atoms with Crippen LogP contribution in [0.15, 0.2) is 42.0 Å². The number of thiazole rings is 1. The van der Waals surface area contributed by atoms with Crippen molar-refractivity contribution in [3.63, 3.8) is 0 Å². The van der Waals surface area contributed by atoms with E-state index in [-0.39, 0.29) is 0 Å². The molecule has 1 N–H and O–H groups in total. The number of rotatable bonds is 5. The van der Waals surface area contributed by atoms with Crippen molar-refractivity contribution >= 4 is 11.3 Å². The largest absolute Gasteiger partial charge is 0.313 e. The van der Waals surface area contributed by atoms with E-state index in [0.29, 0.717) is 12.0 Å². The monoisotopic (exact) mass is 246 g/mol. The van der Waals surface area contributed by atoms with Crippen molar-refractivity contribution in [2.75, 3.05) is 7.05 Å². The zero-order chi connectivity index (χ0) is 12.1. The molecule has 3 heteroatoms. The summed E-state index contributed by atoms with van der Waals surface area (Å²) in [4.78, 5) is 5.49. The zero-order valence-electron chi connectivity index (χ0n) is 10.3. The van der Waals surface area contributed by atoms with Gasteiger partial charge < -0.3 is 5.32 Å². The Kier molecular flexibility index (Phi) is 4.29. The molecular weight excluding hydrogens is 228 g/mol. The summed E-state index contributed by atoms with van der Waals surface area (Å²) in [6.07, 6.45) is 3.05. The van der Waals surface area contributed by atoms with Gasteiger partial charge in [0.1, 0.15) is 0 Å². The highest BCUT2D eigenvalue weighted by Crippen LogP contribution is 2.25. The minimum atomic E-state index is 0.401. The molecule has 0 radical (unpaired) electrons. The van der Waals surface area contributed by atoms with Crippen LogP contribution < -0.4 is 5.32 Å². The number of hydrogen-bond donors (Lipinski definition) is 1. The number of nitrogens with one attached hydrogen (secondary N) is 1. The summed E-state index contributed by atoms with van der Waals surface area (Å²) < 4.78 is 0. The molecule has 1 aromatic carbocycles. The van der Waals surface area contributed by atoms with E-state index in [4.69, 9.17) is 0 Å². The maximum absolute atomic E-state index is 4.13. The minimum absolute atomic E-state index is 0.401. The van der Waals surface area contributed by atoms with Gasteiger partial charge in [-0.2, -0.15) is 0 Å². The molecule has 17 heavy (non-hydrogen) atoms. The third-order valence-corrected chi connectivity index (χ3v) is 3.85. The molecule has 0 fully saturated rings. The SMILES string of the molecule is CNC(c1ccccc1)C(C)Cc1cncs1. The molecule has 1 aromatic heterocycles. The molecule has 0 amide bonds. The average molecular weight is 246 g/mol. The van der Waals surface area contributed by atoms with Crippen LogP contribution in [0.5, 0.6) is 0 Å². The van der Waals surface area contributed by atoms with E-state index in [9.17, 15) is 0 Å². The summed E-state index contributed by atoms with van der Waals surface area (Å²) in [7, 11) is 2.03. The van der Waals surface area contributed by atoms with Gasteiger partial charge in [0, 0.05) is 17.1 Å². The predicted molar refractivity (Wildman–Crippen MR) is 73.2 cm³/mol. The lowest BCUT2D eigenvalue weighted by Crippen LogP contribution is -2.24. The highest BCUT2D eigenvalue weighted by Gasteiger charge is 2.17. The standard InChI is InChI=1S/C14H18N2S/c1-11(8-13-9-16-10-17-13)14(15-2)12-6-4-3-5-7-12/h3-7,9-11,14-15H,8H2,1-2H3. The molecular formula is C14H18N2S. The summed E-state index contributed by atoms with van der Waals surface area (Å²) >= 11 is 1.74. The Hall–Kier alpha value is -1.19. The fourth-order valence-electron chi connectivity index (χ4n) is 2.22. The van der Waals surface area contributed by atoms with Crippen molar-refractivity contribution < 1.29 is 0 Å². The van der Waals surface area contributed by atoms with Crippen molar-refractivity contribution in [1.82, 2.24) is 10.3 Å². The maximum Gasteiger partial charge on any atom is 0.0794 e. The molecule has 0 aliphatic carbocycles. The summed E-state index contributed by atoms with van der Waals surface area (Å²) in [6.45, 7) is 2.29. The van der Waals surface area contributed by atoms with Crippen molar-refractivity contribution in [1.29, 1.82) is 0 Å². The van der Waals surface area contributed by atoms with E-state index in [1.54, 1.807) is 11.3 Å². The fourth-order valence-corrected chi connectivity index (χ4v) is 2.96. The van der Waals surface area contributed by atoms with Gasteiger partial charge >= 0.3 is 0 Å². The number of aromatic nitrogens is 1. The second-order valence-corrected chi connectivity index (χ2v) is 5.30. The lowest BCUT2D eigenvalue weighted by atomic mass is 9.92. The number of nitrogens with zero attached hydrogens (tertiary/aromatic N) is 1. The molecule has 0 bridgehead atoms. The molecule has 2 atom stereocenters. The average Bonchev–Trinajstić information content (AvgIpc) is 2.84.